The van der Waals surface area contributed by atoms with Crippen LogP contribution in [0.2, 0.25) is 0 Å². The zero-order valence-corrected chi connectivity index (χ0v) is 11.7. The standard InChI is InChI=1S/C17H11BrO/c18-16-11-15(13-9-5-2-6-10-14(13)16)17(19)12-7-3-1-4-8-12/h1-11H. The van der Waals surface area contributed by atoms with Crippen molar-refractivity contribution in [2.24, 2.45) is 0 Å². The van der Waals surface area contributed by atoms with Gasteiger partial charge >= 0.3 is 0 Å². The molecule has 0 saturated heterocycles. The molecule has 1 aromatic carbocycles. The first kappa shape index (κ1) is 12.1. The van der Waals surface area contributed by atoms with Crippen molar-refractivity contribution in [1.82, 2.24) is 0 Å². The van der Waals surface area contributed by atoms with E-state index < -0.39 is 0 Å². The number of halogens is 1. The number of benzene rings is 1. The summed E-state index contributed by atoms with van der Waals surface area (Å²) in [4.78, 5) is 12.6. The molecule has 92 valence electrons. The number of ketones is 1. The van der Waals surface area contributed by atoms with E-state index in [9.17, 15) is 4.79 Å². The van der Waals surface area contributed by atoms with Gasteiger partial charge in [0.2, 0.25) is 0 Å². The Morgan fingerprint density at radius 2 is 1.37 bits per heavy atom. The lowest BCUT2D eigenvalue weighted by molar-refractivity contribution is 0.103. The maximum Gasteiger partial charge on any atom is 0.193 e. The smallest absolute Gasteiger partial charge is 0.193 e. The molecule has 0 aromatic heterocycles. The second-order valence-electron chi connectivity index (χ2n) is 4.34. The third kappa shape index (κ3) is 2.20. The van der Waals surface area contributed by atoms with Gasteiger partial charge in [-0.15, -0.1) is 0 Å². The number of carbonyl (C=O) groups excluding carboxylic acids is 1. The Balaban J connectivity index is 2.16. The van der Waals surface area contributed by atoms with Gasteiger partial charge in [-0.1, -0.05) is 76.6 Å². The van der Waals surface area contributed by atoms with Crippen molar-refractivity contribution < 1.29 is 4.79 Å². The van der Waals surface area contributed by atoms with Gasteiger partial charge in [-0.25, -0.2) is 0 Å². The molecule has 0 fully saturated rings. The number of fused-ring (bicyclic) bond motifs is 1. The number of hydrogen-bond donors (Lipinski definition) is 0. The van der Waals surface area contributed by atoms with E-state index in [0.717, 1.165) is 21.2 Å². The summed E-state index contributed by atoms with van der Waals surface area (Å²) in [5.74, 6) is 0.0579. The van der Waals surface area contributed by atoms with Crippen LogP contribution in [0, 0.1) is 0 Å². The molecule has 0 amide bonds. The molecule has 0 N–H and O–H groups in total. The van der Waals surface area contributed by atoms with E-state index in [1.54, 1.807) is 0 Å². The van der Waals surface area contributed by atoms with E-state index in [4.69, 9.17) is 0 Å². The SMILES string of the molecule is O=C(c1ccccc1)c1cc(Br)c2cccccc1-2. The van der Waals surface area contributed by atoms with Crippen LogP contribution in [0.15, 0.2) is 71.2 Å². The van der Waals surface area contributed by atoms with Gasteiger partial charge in [-0.05, 0) is 17.2 Å². The first-order valence-electron chi connectivity index (χ1n) is 6.04. The molecule has 0 atom stereocenters. The zero-order chi connectivity index (χ0) is 13.2. The van der Waals surface area contributed by atoms with Crippen LogP contribution < -0.4 is 0 Å². The van der Waals surface area contributed by atoms with Crippen molar-refractivity contribution >= 4 is 21.7 Å². The summed E-state index contributed by atoms with van der Waals surface area (Å²) in [6.45, 7) is 0. The molecule has 0 spiro atoms. The minimum absolute atomic E-state index is 0.0579. The van der Waals surface area contributed by atoms with Crippen molar-refractivity contribution in [3.8, 4) is 11.1 Å². The zero-order valence-electron chi connectivity index (χ0n) is 10.1. The van der Waals surface area contributed by atoms with Crippen molar-refractivity contribution in [3.63, 3.8) is 0 Å². The number of hydrogen-bond acceptors (Lipinski definition) is 1. The van der Waals surface area contributed by atoms with Crippen molar-refractivity contribution in [2.45, 2.75) is 0 Å². The Morgan fingerprint density at radius 1 is 0.789 bits per heavy atom. The summed E-state index contributed by atoms with van der Waals surface area (Å²) in [5.41, 5.74) is 3.49. The lowest BCUT2D eigenvalue weighted by Gasteiger charge is -2.01. The van der Waals surface area contributed by atoms with Crippen LogP contribution in [0.3, 0.4) is 0 Å². The van der Waals surface area contributed by atoms with E-state index in [2.05, 4.69) is 15.9 Å². The fraction of sp³-hybridized carbons (Fsp3) is 0. The third-order valence-corrected chi connectivity index (χ3v) is 3.79. The Bertz CT molecular complexity index is 704. The monoisotopic (exact) mass is 310 g/mol. The van der Waals surface area contributed by atoms with Gasteiger partial charge in [0, 0.05) is 15.6 Å². The van der Waals surface area contributed by atoms with Crippen LogP contribution in [0.4, 0.5) is 0 Å². The normalized spacial score (nSPS) is 10.6. The predicted molar refractivity (Wildman–Crippen MR) is 80.6 cm³/mol. The molecule has 1 nitrogen and oxygen atoms in total. The fourth-order valence-corrected chi connectivity index (χ4v) is 2.78. The summed E-state index contributed by atoms with van der Waals surface area (Å²) in [5, 5.41) is 0. The highest BCUT2D eigenvalue weighted by molar-refractivity contribution is 9.10. The molecule has 0 heterocycles. The Kier molecular flexibility index (Phi) is 3.18. The van der Waals surface area contributed by atoms with Crippen LogP contribution >= 0.6 is 15.9 Å². The van der Waals surface area contributed by atoms with Gasteiger partial charge < -0.3 is 0 Å². The van der Waals surface area contributed by atoms with Gasteiger partial charge in [0.05, 0.1) is 0 Å². The molecule has 1 aromatic rings. The van der Waals surface area contributed by atoms with E-state index in [1.807, 2.05) is 66.7 Å². The topological polar surface area (TPSA) is 17.1 Å². The molecule has 0 aliphatic heterocycles. The summed E-state index contributed by atoms with van der Waals surface area (Å²) in [6, 6.07) is 21.2. The largest absolute Gasteiger partial charge is 0.289 e. The van der Waals surface area contributed by atoms with Gasteiger partial charge in [-0.2, -0.15) is 0 Å². The molecule has 2 aliphatic carbocycles. The maximum atomic E-state index is 12.6. The van der Waals surface area contributed by atoms with E-state index in [0.29, 0.717) is 5.56 Å². The summed E-state index contributed by atoms with van der Waals surface area (Å²) in [7, 11) is 0. The Hall–Kier alpha value is -1.93. The number of carbonyl (C=O) groups is 1. The summed E-state index contributed by atoms with van der Waals surface area (Å²) < 4.78 is 0.956. The van der Waals surface area contributed by atoms with Crippen LogP contribution in [0.25, 0.3) is 11.1 Å². The average Bonchev–Trinajstić information content (AvgIpc) is 2.65. The second-order valence-corrected chi connectivity index (χ2v) is 5.19. The lowest BCUT2D eigenvalue weighted by atomic mass is 10.0. The van der Waals surface area contributed by atoms with Gasteiger partial charge in [0.15, 0.2) is 5.78 Å². The van der Waals surface area contributed by atoms with Crippen LogP contribution in [-0.4, -0.2) is 5.78 Å². The highest BCUT2D eigenvalue weighted by Crippen LogP contribution is 2.36. The molecule has 0 saturated carbocycles. The van der Waals surface area contributed by atoms with Crippen LogP contribution in [-0.2, 0) is 0 Å². The molecular formula is C17H11BrO. The minimum atomic E-state index is 0.0579. The Labute approximate surface area is 120 Å². The van der Waals surface area contributed by atoms with E-state index in [1.165, 1.54) is 0 Å². The molecule has 2 heteroatoms. The highest BCUT2D eigenvalue weighted by atomic mass is 79.9. The van der Waals surface area contributed by atoms with Crippen molar-refractivity contribution in [1.29, 1.82) is 0 Å². The first-order valence-corrected chi connectivity index (χ1v) is 6.83. The lowest BCUT2D eigenvalue weighted by Crippen LogP contribution is -2.00. The first-order chi connectivity index (χ1) is 9.27. The molecule has 3 rings (SSSR count). The minimum Gasteiger partial charge on any atom is -0.289 e. The van der Waals surface area contributed by atoms with Gasteiger partial charge in [-0.3, -0.25) is 4.79 Å². The maximum absolute atomic E-state index is 12.6. The van der Waals surface area contributed by atoms with Crippen LogP contribution in [0.5, 0.6) is 0 Å². The predicted octanol–water partition coefficient (Wildman–Crippen LogP) is 4.78. The van der Waals surface area contributed by atoms with E-state index >= 15 is 0 Å². The second kappa shape index (κ2) is 4.98. The molecule has 2 aliphatic rings. The average molecular weight is 311 g/mol. The summed E-state index contributed by atoms with van der Waals surface area (Å²) in [6.07, 6.45) is 0. The van der Waals surface area contributed by atoms with Crippen LogP contribution in [0.1, 0.15) is 15.9 Å². The van der Waals surface area contributed by atoms with E-state index in [-0.39, 0.29) is 5.78 Å². The van der Waals surface area contributed by atoms with Gasteiger partial charge in [0.1, 0.15) is 0 Å². The molecule has 19 heavy (non-hydrogen) atoms. The molecular weight excluding hydrogens is 300 g/mol. The fourth-order valence-electron chi connectivity index (χ4n) is 2.21. The Morgan fingerprint density at radius 3 is 2.05 bits per heavy atom. The molecule has 0 bridgehead atoms. The highest BCUT2D eigenvalue weighted by Gasteiger charge is 2.19. The third-order valence-electron chi connectivity index (χ3n) is 3.14. The molecule has 0 radical (unpaired) electrons. The quantitative estimate of drug-likeness (QED) is 0.622. The van der Waals surface area contributed by atoms with Crippen molar-refractivity contribution in [3.05, 3.63) is 82.3 Å². The number of rotatable bonds is 2. The van der Waals surface area contributed by atoms with Gasteiger partial charge in [0.25, 0.3) is 0 Å². The molecule has 0 unspecified atom stereocenters. The summed E-state index contributed by atoms with van der Waals surface area (Å²) >= 11 is 3.53. The van der Waals surface area contributed by atoms with Crippen molar-refractivity contribution in [2.75, 3.05) is 0 Å².